The van der Waals surface area contributed by atoms with Crippen molar-refractivity contribution < 1.29 is 34.2 Å². The Morgan fingerprint density at radius 3 is 1.84 bits per heavy atom. The van der Waals surface area contributed by atoms with Crippen molar-refractivity contribution in [3.63, 3.8) is 0 Å². The van der Waals surface area contributed by atoms with Crippen molar-refractivity contribution in [1.29, 1.82) is 0 Å². The summed E-state index contributed by atoms with van der Waals surface area (Å²) in [7, 11) is 0. The van der Waals surface area contributed by atoms with Gasteiger partial charge in [0.25, 0.3) is 0 Å². The number of carboxylic acids is 1. The minimum absolute atomic E-state index is 0.0372. The van der Waals surface area contributed by atoms with Crippen molar-refractivity contribution in [2.75, 3.05) is 12.0 Å². The molecule has 0 bridgehead atoms. The van der Waals surface area contributed by atoms with Gasteiger partial charge in [-0.25, -0.2) is 4.79 Å². The number of hydrogen-bond donors (Lipinski definition) is 7. The van der Waals surface area contributed by atoms with E-state index < -0.39 is 66.3 Å². The van der Waals surface area contributed by atoms with E-state index in [9.17, 15) is 34.2 Å². The van der Waals surface area contributed by atoms with E-state index in [1.807, 2.05) is 0 Å². The van der Waals surface area contributed by atoms with Crippen molar-refractivity contribution in [1.82, 2.24) is 16.0 Å². The largest absolute Gasteiger partial charge is 0.480 e. The molecule has 184 valence electrons. The maximum Gasteiger partial charge on any atom is 0.326 e. The van der Waals surface area contributed by atoms with Crippen LogP contribution in [0.3, 0.4) is 0 Å². The van der Waals surface area contributed by atoms with Gasteiger partial charge in [-0.05, 0) is 37.7 Å². The molecule has 0 saturated heterocycles. The van der Waals surface area contributed by atoms with Crippen LogP contribution >= 0.6 is 11.8 Å². The molecule has 0 radical (unpaired) electrons. The Morgan fingerprint density at radius 2 is 1.41 bits per heavy atom. The Bertz CT molecular complexity index is 674. The SMILES string of the molecule is CSCCC(NC(=O)C(N)C(C)O)C(=O)NC(CC(N)=O)C(=O)NC(CC(C)C)C(=O)O. The maximum absolute atomic E-state index is 12.8. The van der Waals surface area contributed by atoms with Gasteiger partial charge < -0.3 is 37.6 Å². The van der Waals surface area contributed by atoms with Gasteiger partial charge in [-0.2, -0.15) is 11.8 Å². The van der Waals surface area contributed by atoms with Gasteiger partial charge in [0, 0.05) is 0 Å². The fourth-order valence-electron chi connectivity index (χ4n) is 2.64. The quantitative estimate of drug-likeness (QED) is 0.137. The first-order chi connectivity index (χ1) is 14.8. The van der Waals surface area contributed by atoms with Crippen molar-refractivity contribution in [2.45, 2.75) is 70.3 Å². The summed E-state index contributed by atoms with van der Waals surface area (Å²) in [4.78, 5) is 60.5. The highest BCUT2D eigenvalue weighted by Crippen LogP contribution is 2.07. The van der Waals surface area contributed by atoms with Gasteiger partial charge in [0.1, 0.15) is 24.2 Å². The van der Waals surface area contributed by atoms with Gasteiger partial charge in [0.05, 0.1) is 12.5 Å². The molecule has 0 aliphatic carbocycles. The molecule has 9 N–H and O–H groups in total. The highest BCUT2D eigenvalue weighted by atomic mass is 32.2. The molecule has 0 aromatic rings. The molecule has 32 heavy (non-hydrogen) atoms. The molecule has 13 heteroatoms. The Kier molecular flexibility index (Phi) is 13.5. The lowest BCUT2D eigenvalue weighted by Crippen LogP contribution is -2.58. The summed E-state index contributed by atoms with van der Waals surface area (Å²) >= 11 is 1.41. The number of thioether (sulfide) groups is 1. The third-order valence-electron chi connectivity index (χ3n) is 4.43. The molecule has 0 aliphatic rings. The molecule has 0 aromatic carbocycles. The lowest BCUT2D eigenvalue weighted by molar-refractivity contribution is -0.143. The number of amides is 4. The molecule has 5 atom stereocenters. The van der Waals surface area contributed by atoms with E-state index in [0.717, 1.165) is 0 Å². The fraction of sp³-hybridized carbons (Fsp3) is 0.737. The summed E-state index contributed by atoms with van der Waals surface area (Å²) in [5, 5.41) is 25.9. The fourth-order valence-corrected chi connectivity index (χ4v) is 3.11. The van der Waals surface area contributed by atoms with Crippen molar-refractivity contribution in [2.24, 2.45) is 17.4 Å². The monoisotopic (exact) mass is 477 g/mol. The Labute approximate surface area is 191 Å². The van der Waals surface area contributed by atoms with Gasteiger partial charge in [-0.1, -0.05) is 13.8 Å². The summed E-state index contributed by atoms with van der Waals surface area (Å²) in [6, 6.07) is -5.02. The lowest BCUT2D eigenvalue weighted by Gasteiger charge is -2.25. The number of aliphatic carboxylic acids is 1. The molecular weight excluding hydrogens is 442 g/mol. The summed E-state index contributed by atoms with van der Waals surface area (Å²) in [5.41, 5.74) is 10.8. The average molecular weight is 478 g/mol. The van der Waals surface area contributed by atoms with E-state index in [-0.39, 0.29) is 18.8 Å². The van der Waals surface area contributed by atoms with E-state index >= 15 is 0 Å². The second kappa shape index (κ2) is 14.6. The third-order valence-corrected chi connectivity index (χ3v) is 5.07. The van der Waals surface area contributed by atoms with Crippen LogP contribution in [0.15, 0.2) is 0 Å². The number of nitrogens with one attached hydrogen (secondary N) is 3. The van der Waals surface area contributed by atoms with Gasteiger partial charge in [0.15, 0.2) is 0 Å². The lowest BCUT2D eigenvalue weighted by atomic mass is 10.0. The molecule has 0 heterocycles. The van der Waals surface area contributed by atoms with Gasteiger partial charge in [-0.15, -0.1) is 0 Å². The highest BCUT2D eigenvalue weighted by molar-refractivity contribution is 7.98. The second-order valence-electron chi connectivity index (χ2n) is 7.87. The standard InChI is InChI=1S/C19H35N5O7S/c1-9(2)7-13(19(30)31)24-17(28)12(8-14(20)26)23-16(27)11(5-6-32-4)22-18(29)15(21)10(3)25/h9-13,15,25H,5-8,21H2,1-4H3,(H2,20,26)(H,22,29)(H,23,27)(H,24,28)(H,30,31). The summed E-state index contributed by atoms with van der Waals surface area (Å²) in [6.45, 7) is 4.88. The highest BCUT2D eigenvalue weighted by Gasteiger charge is 2.31. The predicted octanol–water partition coefficient (Wildman–Crippen LogP) is -2.09. The first-order valence-electron chi connectivity index (χ1n) is 10.1. The molecule has 0 spiro atoms. The topological polar surface area (TPSA) is 214 Å². The number of primary amides is 1. The van der Waals surface area contributed by atoms with Gasteiger partial charge in [0.2, 0.25) is 23.6 Å². The molecule has 0 aliphatic heterocycles. The van der Waals surface area contributed by atoms with E-state index in [1.165, 1.54) is 18.7 Å². The number of carbonyl (C=O) groups is 5. The van der Waals surface area contributed by atoms with E-state index in [2.05, 4.69) is 16.0 Å². The van der Waals surface area contributed by atoms with Crippen LogP contribution in [0.4, 0.5) is 0 Å². The zero-order valence-electron chi connectivity index (χ0n) is 18.8. The number of carboxylic acid groups (broad SMARTS) is 1. The van der Waals surface area contributed by atoms with Crippen LogP contribution < -0.4 is 27.4 Å². The molecule has 0 aromatic heterocycles. The van der Waals surface area contributed by atoms with Crippen LogP contribution in [0.2, 0.25) is 0 Å². The molecule has 0 rings (SSSR count). The molecular formula is C19H35N5O7S. The number of aliphatic hydroxyl groups excluding tert-OH is 1. The second-order valence-corrected chi connectivity index (χ2v) is 8.86. The smallest absolute Gasteiger partial charge is 0.326 e. The first-order valence-corrected chi connectivity index (χ1v) is 11.5. The van der Waals surface area contributed by atoms with Crippen LogP contribution in [-0.4, -0.2) is 82.1 Å². The Morgan fingerprint density at radius 1 is 0.906 bits per heavy atom. The van der Waals surface area contributed by atoms with E-state index in [1.54, 1.807) is 20.1 Å². The number of rotatable bonds is 15. The molecule has 5 unspecified atom stereocenters. The summed E-state index contributed by atoms with van der Waals surface area (Å²) in [6.07, 6.45) is 0.398. The van der Waals surface area contributed by atoms with Crippen LogP contribution in [0, 0.1) is 5.92 Å². The number of carbonyl (C=O) groups excluding carboxylic acids is 4. The molecule has 0 saturated carbocycles. The molecule has 0 fully saturated rings. The minimum Gasteiger partial charge on any atom is -0.480 e. The Hall–Kier alpha value is -2.38. The average Bonchev–Trinajstić information content (AvgIpc) is 2.68. The van der Waals surface area contributed by atoms with Gasteiger partial charge in [-0.3, -0.25) is 19.2 Å². The molecule has 4 amide bonds. The zero-order chi connectivity index (χ0) is 25.0. The van der Waals surface area contributed by atoms with Crippen LogP contribution in [0.5, 0.6) is 0 Å². The van der Waals surface area contributed by atoms with Gasteiger partial charge >= 0.3 is 5.97 Å². The third kappa shape index (κ3) is 11.3. The van der Waals surface area contributed by atoms with Crippen molar-refractivity contribution in [3.05, 3.63) is 0 Å². The van der Waals surface area contributed by atoms with Crippen molar-refractivity contribution in [3.8, 4) is 0 Å². The van der Waals surface area contributed by atoms with E-state index in [0.29, 0.717) is 5.75 Å². The zero-order valence-corrected chi connectivity index (χ0v) is 19.6. The normalized spacial score (nSPS) is 15.7. The molecule has 12 nitrogen and oxygen atoms in total. The van der Waals surface area contributed by atoms with E-state index in [4.69, 9.17) is 11.5 Å². The number of aliphatic hydroxyl groups is 1. The van der Waals surface area contributed by atoms with Crippen LogP contribution in [-0.2, 0) is 24.0 Å². The van der Waals surface area contributed by atoms with Crippen LogP contribution in [0.1, 0.15) is 40.0 Å². The summed E-state index contributed by atoms with van der Waals surface area (Å²) in [5.74, 6) is -4.13. The predicted molar refractivity (Wildman–Crippen MR) is 119 cm³/mol. The van der Waals surface area contributed by atoms with Crippen molar-refractivity contribution >= 4 is 41.4 Å². The maximum atomic E-state index is 12.8. The van der Waals surface area contributed by atoms with Crippen LogP contribution in [0.25, 0.3) is 0 Å². The number of hydrogen-bond acceptors (Lipinski definition) is 8. The minimum atomic E-state index is -1.44. The first kappa shape index (κ1) is 29.6. The summed E-state index contributed by atoms with van der Waals surface area (Å²) < 4.78 is 0. The Balaban J connectivity index is 5.49. The number of nitrogens with two attached hydrogens (primary N) is 2.